The van der Waals surface area contributed by atoms with Gasteiger partial charge in [-0.2, -0.15) is 0 Å². The number of benzene rings is 2. The molecule has 0 aliphatic heterocycles. The van der Waals surface area contributed by atoms with Crippen LogP contribution in [0.4, 0.5) is 10.1 Å². The maximum absolute atomic E-state index is 13.4. The topological polar surface area (TPSA) is 102 Å². The summed E-state index contributed by atoms with van der Waals surface area (Å²) in [4.78, 5) is 8.35. The fourth-order valence-electron chi connectivity index (χ4n) is 3.81. The molecule has 0 radical (unpaired) electrons. The van der Waals surface area contributed by atoms with Gasteiger partial charge in [-0.05, 0) is 56.9 Å². The molecule has 1 saturated carbocycles. The standard InChI is InChI=1S/C23H26ClFN4O4S/c1-2-34(30,31)29-16-3-6-18(7-4-16)33-23-9-15-12-26-13-27-21(15)11-22(23)32-14-28-17-5-8-20(25)19(24)10-17/h5,8-13,16,18,28-29H,2-4,6-7,14H2,1H3. The van der Waals surface area contributed by atoms with Gasteiger partial charge in [0.2, 0.25) is 10.0 Å². The lowest BCUT2D eigenvalue weighted by Gasteiger charge is -2.29. The molecule has 0 bridgehead atoms. The first-order chi connectivity index (χ1) is 16.3. The minimum absolute atomic E-state index is 0.0215. The molecular formula is C23H26ClFN4O4S. The van der Waals surface area contributed by atoms with E-state index < -0.39 is 15.8 Å². The molecule has 4 rings (SSSR count). The minimum Gasteiger partial charge on any atom is -0.487 e. The molecule has 1 fully saturated rings. The van der Waals surface area contributed by atoms with Gasteiger partial charge in [0.25, 0.3) is 0 Å². The highest BCUT2D eigenvalue weighted by Crippen LogP contribution is 2.34. The molecule has 8 nitrogen and oxygen atoms in total. The van der Waals surface area contributed by atoms with Crippen LogP contribution < -0.4 is 19.5 Å². The van der Waals surface area contributed by atoms with E-state index in [1.165, 1.54) is 18.5 Å². The summed E-state index contributed by atoms with van der Waals surface area (Å²) in [6.07, 6.45) is 5.92. The first-order valence-electron chi connectivity index (χ1n) is 11.0. The molecule has 11 heteroatoms. The zero-order chi connectivity index (χ0) is 24.1. The van der Waals surface area contributed by atoms with E-state index in [9.17, 15) is 12.8 Å². The van der Waals surface area contributed by atoms with Crippen LogP contribution in [0.3, 0.4) is 0 Å². The molecule has 1 aliphatic carbocycles. The Morgan fingerprint density at radius 1 is 1.15 bits per heavy atom. The highest BCUT2D eigenvalue weighted by molar-refractivity contribution is 7.89. The fourth-order valence-corrected chi connectivity index (χ4v) is 4.90. The monoisotopic (exact) mass is 508 g/mol. The molecule has 1 heterocycles. The summed E-state index contributed by atoms with van der Waals surface area (Å²) in [6.45, 7) is 1.72. The van der Waals surface area contributed by atoms with Gasteiger partial charge >= 0.3 is 0 Å². The Bertz CT molecular complexity index is 1250. The van der Waals surface area contributed by atoms with Gasteiger partial charge in [0.05, 0.1) is 22.4 Å². The summed E-state index contributed by atoms with van der Waals surface area (Å²) in [5.74, 6) is 0.636. The number of ether oxygens (including phenoxy) is 2. The number of aromatic nitrogens is 2. The van der Waals surface area contributed by atoms with Crippen molar-refractivity contribution in [2.75, 3.05) is 17.8 Å². The van der Waals surface area contributed by atoms with Gasteiger partial charge in [-0.3, -0.25) is 0 Å². The predicted molar refractivity (Wildman–Crippen MR) is 129 cm³/mol. The maximum atomic E-state index is 13.4. The van der Waals surface area contributed by atoms with Gasteiger partial charge in [-0.1, -0.05) is 11.6 Å². The van der Waals surface area contributed by atoms with E-state index in [1.54, 1.807) is 25.3 Å². The lowest BCUT2D eigenvalue weighted by atomic mass is 9.93. The minimum atomic E-state index is -3.23. The zero-order valence-corrected chi connectivity index (χ0v) is 20.2. The Morgan fingerprint density at radius 3 is 2.68 bits per heavy atom. The Labute approximate surface area is 202 Å². The SMILES string of the molecule is CCS(=O)(=O)NC1CCC(Oc2cc3cncnc3cc2OCNc2ccc(F)c(Cl)c2)CC1. The van der Waals surface area contributed by atoms with Crippen LogP contribution >= 0.6 is 11.6 Å². The average Bonchev–Trinajstić information content (AvgIpc) is 2.82. The summed E-state index contributed by atoms with van der Waals surface area (Å²) in [5, 5.41) is 3.88. The van der Waals surface area contributed by atoms with Crippen molar-refractivity contribution in [2.45, 2.75) is 44.8 Å². The van der Waals surface area contributed by atoms with E-state index in [-0.39, 0.29) is 29.7 Å². The molecule has 0 spiro atoms. The van der Waals surface area contributed by atoms with E-state index in [1.807, 2.05) is 6.07 Å². The average molecular weight is 509 g/mol. The molecule has 0 amide bonds. The van der Waals surface area contributed by atoms with Crippen LogP contribution in [-0.2, 0) is 10.0 Å². The molecule has 1 aliphatic rings. The van der Waals surface area contributed by atoms with E-state index >= 15 is 0 Å². The second kappa shape index (κ2) is 10.7. The van der Waals surface area contributed by atoms with Crippen molar-refractivity contribution in [1.82, 2.24) is 14.7 Å². The summed E-state index contributed by atoms with van der Waals surface area (Å²) >= 11 is 5.83. The lowest BCUT2D eigenvalue weighted by Crippen LogP contribution is -2.40. The third-order valence-corrected chi connectivity index (χ3v) is 7.43. The van der Waals surface area contributed by atoms with Crippen molar-refractivity contribution < 1.29 is 22.3 Å². The summed E-state index contributed by atoms with van der Waals surface area (Å²) in [5.41, 5.74) is 1.32. The van der Waals surface area contributed by atoms with Crippen LogP contribution in [0.15, 0.2) is 42.9 Å². The Hall–Kier alpha value is -2.69. The Balaban J connectivity index is 1.43. The second-order valence-corrected chi connectivity index (χ2v) is 10.5. The molecule has 182 valence electrons. The van der Waals surface area contributed by atoms with Gasteiger partial charge in [0.1, 0.15) is 12.1 Å². The number of hydrogen-bond donors (Lipinski definition) is 2. The number of hydrogen-bond acceptors (Lipinski definition) is 7. The highest BCUT2D eigenvalue weighted by atomic mass is 35.5. The van der Waals surface area contributed by atoms with Crippen molar-refractivity contribution in [1.29, 1.82) is 0 Å². The van der Waals surface area contributed by atoms with Crippen LogP contribution in [-0.4, -0.2) is 43.0 Å². The Morgan fingerprint density at radius 2 is 1.94 bits per heavy atom. The highest BCUT2D eigenvalue weighted by Gasteiger charge is 2.26. The van der Waals surface area contributed by atoms with Gasteiger partial charge in [0.15, 0.2) is 18.2 Å². The molecule has 2 N–H and O–H groups in total. The van der Waals surface area contributed by atoms with Gasteiger partial charge in [-0.15, -0.1) is 0 Å². The molecule has 2 aromatic carbocycles. The fraction of sp³-hybridized carbons (Fsp3) is 0.391. The lowest BCUT2D eigenvalue weighted by molar-refractivity contribution is 0.138. The summed E-state index contributed by atoms with van der Waals surface area (Å²) < 4.78 is 52.0. The smallest absolute Gasteiger partial charge is 0.211 e. The molecular weight excluding hydrogens is 483 g/mol. The normalized spacial score (nSPS) is 18.6. The second-order valence-electron chi connectivity index (χ2n) is 8.09. The number of rotatable bonds is 9. The van der Waals surface area contributed by atoms with Crippen molar-refractivity contribution >= 4 is 38.2 Å². The zero-order valence-electron chi connectivity index (χ0n) is 18.6. The molecule has 0 atom stereocenters. The molecule has 34 heavy (non-hydrogen) atoms. The number of sulfonamides is 1. The quantitative estimate of drug-likeness (QED) is 0.410. The summed E-state index contributed by atoms with van der Waals surface area (Å²) in [7, 11) is -3.23. The van der Waals surface area contributed by atoms with Gasteiger partial charge in [0, 0.05) is 29.4 Å². The van der Waals surface area contributed by atoms with Crippen molar-refractivity contribution in [3.8, 4) is 11.5 Å². The van der Waals surface area contributed by atoms with Crippen LogP contribution in [0.2, 0.25) is 5.02 Å². The summed E-state index contributed by atoms with van der Waals surface area (Å²) in [6, 6.07) is 7.88. The number of nitrogens with one attached hydrogen (secondary N) is 2. The van der Waals surface area contributed by atoms with Crippen LogP contribution in [0.5, 0.6) is 11.5 Å². The first kappa shape index (κ1) is 24.4. The predicted octanol–water partition coefficient (Wildman–Crippen LogP) is 4.50. The van der Waals surface area contributed by atoms with Crippen molar-refractivity contribution in [2.24, 2.45) is 0 Å². The maximum Gasteiger partial charge on any atom is 0.211 e. The van der Waals surface area contributed by atoms with Crippen LogP contribution in [0.1, 0.15) is 32.6 Å². The number of nitrogens with zero attached hydrogens (tertiary/aromatic N) is 2. The third-order valence-electron chi connectivity index (χ3n) is 5.69. The van der Waals surface area contributed by atoms with Gasteiger partial charge in [-0.25, -0.2) is 27.5 Å². The van der Waals surface area contributed by atoms with Crippen molar-refractivity contribution in [3.63, 3.8) is 0 Å². The van der Waals surface area contributed by atoms with Crippen LogP contribution in [0.25, 0.3) is 10.9 Å². The number of halogens is 2. The van der Waals surface area contributed by atoms with E-state index in [0.29, 0.717) is 48.4 Å². The number of fused-ring (bicyclic) bond motifs is 1. The largest absolute Gasteiger partial charge is 0.487 e. The van der Waals surface area contributed by atoms with Crippen LogP contribution in [0, 0.1) is 5.82 Å². The Kier molecular flexibility index (Phi) is 7.70. The molecule has 1 aromatic heterocycles. The molecule has 0 saturated heterocycles. The number of anilines is 1. The van der Waals surface area contributed by atoms with Gasteiger partial charge < -0.3 is 14.8 Å². The van der Waals surface area contributed by atoms with Crippen molar-refractivity contribution in [3.05, 3.63) is 53.7 Å². The molecule has 3 aromatic rings. The third kappa shape index (κ3) is 6.25. The van der Waals surface area contributed by atoms with E-state index in [4.69, 9.17) is 21.1 Å². The van der Waals surface area contributed by atoms with E-state index in [0.717, 1.165) is 5.39 Å². The molecule has 0 unspecified atom stereocenters. The first-order valence-corrected chi connectivity index (χ1v) is 13.1. The van der Waals surface area contributed by atoms with E-state index in [2.05, 4.69) is 20.0 Å².